The second-order valence-corrected chi connectivity index (χ2v) is 5.23. The van der Waals surface area contributed by atoms with E-state index >= 15 is 0 Å². The molecule has 0 saturated carbocycles. The highest BCUT2D eigenvalue weighted by Gasteiger charge is 2.11. The Bertz CT molecular complexity index is 1010. The lowest BCUT2D eigenvalue weighted by Crippen LogP contribution is -2.14. The average molecular weight is 315 g/mol. The van der Waals surface area contributed by atoms with E-state index in [-0.39, 0.29) is 5.91 Å². The van der Waals surface area contributed by atoms with Crippen LogP contribution < -0.4 is 5.32 Å². The summed E-state index contributed by atoms with van der Waals surface area (Å²) in [6, 6.07) is 16.7. The van der Waals surface area contributed by atoms with Gasteiger partial charge in [-0.2, -0.15) is 0 Å². The molecule has 4 aromatic rings. The first-order chi connectivity index (χ1) is 11.8. The predicted molar refractivity (Wildman–Crippen MR) is 91.1 cm³/mol. The second kappa shape index (κ2) is 5.92. The lowest BCUT2D eigenvalue weighted by molar-refractivity contribution is 0.102. The predicted octanol–water partition coefficient (Wildman–Crippen LogP) is 3.07. The van der Waals surface area contributed by atoms with Gasteiger partial charge >= 0.3 is 0 Å². The quantitative estimate of drug-likeness (QED) is 0.630. The van der Waals surface area contributed by atoms with Crippen LogP contribution in [0.25, 0.3) is 16.6 Å². The SMILES string of the molecule is O=C(Nc1ccccc1-n1ccnn1)c1ccc2ncccc2c1. The summed E-state index contributed by atoms with van der Waals surface area (Å²) < 4.78 is 1.61. The van der Waals surface area contributed by atoms with Crippen LogP contribution in [0.1, 0.15) is 10.4 Å². The van der Waals surface area contributed by atoms with Gasteiger partial charge in [0, 0.05) is 17.1 Å². The summed E-state index contributed by atoms with van der Waals surface area (Å²) in [6.45, 7) is 0. The Kier molecular flexibility index (Phi) is 3.47. The lowest BCUT2D eigenvalue weighted by atomic mass is 10.1. The van der Waals surface area contributed by atoms with Crippen LogP contribution >= 0.6 is 0 Å². The van der Waals surface area contributed by atoms with Gasteiger partial charge < -0.3 is 5.32 Å². The van der Waals surface area contributed by atoms with Crippen LogP contribution in [0.5, 0.6) is 0 Å². The van der Waals surface area contributed by atoms with Crippen molar-refractivity contribution < 1.29 is 4.79 Å². The van der Waals surface area contributed by atoms with Crippen molar-refractivity contribution in [1.29, 1.82) is 0 Å². The van der Waals surface area contributed by atoms with Crippen molar-refractivity contribution in [1.82, 2.24) is 20.0 Å². The van der Waals surface area contributed by atoms with Gasteiger partial charge in [-0.05, 0) is 36.4 Å². The molecule has 2 aromatic heterocycles. The number of carbonyl (C=O) groups is 1. The minimum absolute atomic E-state index is 0.187. The molecule has 1 amide bonds. The molecule has 4 rings (SSSR count). The lowest BCUT2D eigenvalue weighted by Gasteiger charge is -2.11. The first kappa shape index (κ1) is 14.1. The number of benzene rings is 2. The normalized spacial score (nSPS) is 10.7. The smallest absolute Gasteiger partial charge is 0.255 e. The maximum Gasteiger partial charge on any atom is 0.255 e. The number of nitrogens with zero attached hydrogens (tertiary/aromatic N) is 4. The molecule has 2 aromatic carbocycles. The summed E-state index contributed by atoms with van der Waals surface area (Å²) in [5.74, 6) is -0.187. The number of aromatic nitrogens is 4. The van der Waals surface area contributed by atoms with Gasteiger partial charge in [-0.1, -0.05) is 23.4 Å². The topological polar surface area (TPSA) is 72.7 Å². The number of hydrogen-bond donors (Lipinski definition) is 1. The standard InChI is InChI=1S/C18H13N5O/c24-18(14-7-8-15-13(12-14)4-3-9-19-15)21-16-5-1-2-6-17(16)23-11-10-20-22-23/h1-12H,(H,21,24). The van der Waals surface area contributed by atoms with Crippen LogP contribution in [0.2, 0.25) is 0 Å². The van der Waals surface area contributed by atoms with Crippen molar-refractivity contribution in [3.05, 3.63) is 78.8 Å². The molecule has 6 heteroatoms. The molecule has 0 atom stereocenters. The number of amides is 1. The molecule has 0 radical (unpaired) electrons. The van der Waals surface area contributed by atoms with Gasteiger partial charge in [-0.25, -0.2) is 4.68 Å². The molecule has 0 aliphatic rings. The number of para-hydroxylation sites is 2. The zero-order chi connectivity index (χ0) is 16.4. The fourth-order valence-electron chi connectivity index (χ4n) is 2.53. The third-order valence-electron chi connectivity index (χ3n) is 3.69. The number of fused-ring (bicyclic) bond motifs is 1. The van der Waals surface area contributed by atoms with E-state index < -0.39 is 0 Å². The fraction of sp³-hybridized carbons (Fsp3) is 0. The molecule has 1 N–H and O–H groups in total. The average Bonchev–Trinajstić information content (AvgIpc) is 3.16. The van der Waals surface area contributed by atoms with Crippen LogP contribution in [-0.2, 0) is 0 Å². The summed E-state index contributed by atoms with van der Waals surface area (Å²) >= 11 is 0. The second-order valence-electron chi connectivity index (χ2n) is 5.23. The molecule has 24 heavy (non-hydrogen) atoms. The molecule has 0 unspecified atom stereocenters. The number of carbonyl (C=O) groups excluding carboxylic acids is 1. The third-order valence-corrected chi connectivity index (χ3v) is 3.69. The molecule has 2 heterocycles. The number of anilines is 1. The monoisotopic (exact) mass is 315 g/mol. The van der Waals surface area contributed by atoms with E-state index in [1.165, 1.54) is 0 Å². The van der Waals surface area contributed by atoms with E-state index in [4.69, 9.17) is 0 Å². The first-order valence-electron chi connectivity index (χ1n) is 7.43. The van der Waals surface area contributed by atoms with Crippen molar-refractivity contribution in [3.63, 3.8) is 0 Å². The Balaban J connectivity index is 1.66. The molecule has 0 saturated heterocycles. The van der Waals surface area contributed by atoms with Gasteiger partial charge in [-0.3, -0.25) is 9.78 Å². The van der Waals surface area contributed by atoms with E-state index in [2.05, 4.69) is 20.6 Å². The van der Waals surface area contributed by atoms with Crippen molar-refractivity contribution in [3.8, 4) is 5.69 Å². The molecular formula is C18H13N5O. The number of pyridine rings is 1. The Hall–Kier alpha value is -3.54. The van der Waals surface area contributed by atoms with E-state index in [9.17, 15) is 4.79 Å². The maximum absolute atomic E-state index is 12.6. The van der Waals surface area contributed by atoms with Crippen molar-refractivity contribution in [2.24, 2.45) is 0 Å². The van der Waals surface area contributed by atoms with E-state index in [0.29, 0.717) is 11.3 Å². The number of rotatable bonds is 3. The summed E-state index contributed by atoms with van der Waals surface area (Å²) in [4.78, 5) is 16.9. The van der Waals surface area contributed by atoms with Gasteiger partial charge in [-0.15, -0.1) is 5.10 Å². The first-order valence-corrected chi connectivity index (χ1v) is 7.43. The maximum atomic E-state index is 12.6. The van der Waals surface area contributed by atoms with Crippen LogP contribution in [0.15, 0.2) is 73.2 Å². The molecule has 0 fully saturated rings. The Labute approximate surface area is 137 Å². The minimum atomic E-state index is -0.187. The minimum Gasteiger partial charge on any atom is -0.320 e. The molecule has 0 spiro atoms. The van der Waals surface area contributed by atoms with Gasteiger partial charge in [0.1, 0.15) is 0 Å². The highest BCUT2D eigenvalue weighted by Crippen LogP contribution is 2.20. The van der Waals surface area contributed by atoms with Crippen LogP contribution in [0.3, 0.4) is 0 Å². The highest BCUT2D eigenvalue weighted by atomic mass is 16.1. The van der Waals surface area contributed by atoms with E-state index in [0.717, 1.165) is 16.6 Å². The molecule has 0 aliphatic carbocycles. The van der Waals surface area contributed by atoms with Gasteiger partial charge in [0.25, 0.3) is 5.91 Å². The van der Waals surface area contributed by atoms with Crippen LogP contribution in [0, 0.1) is 0 Å². The third kappa shape index (κ3) is 2.61. The molecule has 0 bridgehead atoms. The summed E-state index contributed by atoms with van der Waals surface area (Å²) in [5, 5.41) is 11.6. The zero-order valence-electron chi connectivity index (χ0n) is 12.6. The summed E-state index contributed by atoms with van der Waals surface area (Å²) in [5.41, 5.74) is 2.85. The summed E-state index contributed by atoms with van der Waals surface area (Å²) in [7, 11) is 0. The molecular weight excluding hydrogens is 302 g/mol. The molecule has 116 valence electrons. The van der Waals surface area contributed by atoms with Gasteiger partial charge in [0.2, 0.25) is 0 Å². The Morgan fingerprint density at radius 1 is 1.00 bits per heavy atom. The van der Waals surface area contributed by atoms with Crippen LogP contribution in [0.4, 0.5) is 5.69 Å². The zero-order valence-corrected chi connectivity index (χ0v) is 12.6. The van der Waals surface area contributed by atoms with Gasteiger partial charge in [0.15, 0.2) is 0 Å². The molecule has 0 aliphatic heterocycles. The van der Waals surface area contributed by atoms with E-state index in [1.807, 2.05) is 48.5 Å². The largest absolute Gasteiger partial charge is 0.320 e. The molecule has 6 nitrogen and oxygen atoms in total. The van der Waals surface area contributed by atoms with Crippen molar-refractivity contribution in [2.75, 3.05) is 5.32 Å². The Morgan fingerprint density at radius 2 is 1.92 bits per heavy atom. The Morgan fingerprint density at radius 3 is 2.79 bits per heavy atom. The fourth-order valence-corrected chi connectivity index (χ4v) is 2.53. The highest BCUT2D eigenvalue weighted by molar-refractivity contribution is 6.07. The van der Waals surface area contributed by atoms with Gasteiger partial charge in [0.05, 0.1) is 29.3 Å². The van der Waals surface area contributed by atoms with Crippen molar-refractivity contribution >= 4 is 22.5 Å². The number of hydrogen-bond acceptors (Lipinski definition) is 4. The number of nitrogens with one attached hydrogen (secondary N) is 1. The van der Waals surface area contributed by atoms with Crippen LogP contribution in [-0.4, -0.2) is 25.9 Å². The van der Waals surface area contributed by atoms with Crippen molar-refractivity contribution in [2.45, 2.75) is 0 Å². The summed E-state index contributed by atoms with van der Waals surface area (Å²) in [6.07, 6.45) is 5.05. The van der Waals surface area contributed by atoms with E-state index in [1.54, 1.807) is 29.3 Å².